The maximum Gasteiger partial charge on any atom is 0.261 e. The van der Waals surface area contributed by atoms with Gasteiger partial charge in [0.25, 0.3) is 5.91 Å². The Bertz CT molecular complexity index is 1410. The Hall–Kier alpha value is -3.11. The number of benzene rings is 2. The van der Waals surface area contributed by atoms with Gasteiger partial charge >= 0.3 is 0 Å². The van der Waals surface area contributed by atoms with Gasteiger partial charge in [0.2, 0.25) is 9.84 Å². The molecule has 9 heteroatoms. The smallest absolute Gasteiger partial charge is 0.261 e. The summed E-state index contributed by atoms with van der Waals surface area (Å²) in [6, 6.07) is 17.6. The van der Waals surface area contributed by atoms with Crippen molar-refractivity contribution in [3.05, 3.63) is 89.1 Å². The highest BCUT2D eigenvalue weighted by Crippen LogP contribution is 2.26. The minimum atomic E-state index is -3.68. The summed E-state index contributed by atoms with van der Waals surface area (Å²) in [6.45, 7) is 3.76. The molecule has 1 amide bonds. The second-order valence-electron chi connectivity index (χ2n) is 8.35. The summed E-state index contributed by atoms with van der Waals surface area (Å²) in [6.07, 6.45) is 3.45. The number of hydrogen-bond donors (Lipinski definition) is 1. The van der Waals surface area contributed by atoms with Crippen molar-refractivity contribution in [2.45, 2.75) is 22.9 Å². The minimum Gasteiger partial charge on any atom is -0.379 e. The van der Waals surface area contributed by atoms with Crippen LogP contribution in [0.15, 0.2) is 82.8 Å². The van der Waals surface area contributed by atoms with Crippen LogP contribution in [-0.2, 0) is 27.7 Å². The zero-order chi connectivity index (χ0) is 24.3. The Morgan fingerprint density at radius 2 is 1.83 bits per heavy atom. The van der Waals surface area contributed by atoms with Gasteiger partial charge < -0.3 is 10.1 Å². The zero-order valence-electron chi connectivity index (χ0n) is 19.0. The molecule has 0 atom stereocenters. The average Bonchev–Trinajstić information content (AvgIpc) is 3.33. The predicted octanol–water partition coefficient (Wildman–Crippen LogP) is 3.89. The lowest BCUT2D eigenvalue weighted by molar-refractivity contribution is 0.0338. The third-order valence-corrected chi connectivity index (χ3v) is 8.95. The number of nitrogens with one attached hydrogen (secondary N) is 1. The van der Waals surface area contributed by atoms with E-state index in [9.17, 15) is 13.2 Å². The van der Waals surface area contributed by atoms with Crippen molar-refractivity contribution in [1.82, 2.24) is 15.2 Å². The van der Waals surface area contributed by atoms with Gasteiger partial charge in [0.15, 0.2) is 0 Å². The Morgan fingerprint density at radius 1 is 1.06 bits per heavy atom. The molecule has 0 aliphatic carbocycles. The minimum absolute atomic E-state index is 0.167. The Labute approximate surface area is 208 Å². The van der Waals surface area contributed by atoms with Crippen LogP contribution in [-0.4, -0.2) is 50.5 Å². The van der Waals surface area contributed by atoms with E-state index in [4.69, 9.17) is 4.74 Å². The molecular formula is C26H25N3O4S2. The van der Waals surface area contributed by atoms with Crippen molar-refractivity contribution in [2.24, 2.45) is 0 Å². The number of pyridine rings is 1. The van der Waals surface area contributed by atoms with Gasteiger partial charge in [-0.1, -0.05) is 30.3 Å². The van der Waals surface area contributed by atoms with Gasteiger partial charge in [-0.25, -0.2) is 8.42 Å². The van der Waals surface area contributed by atoms with Crippen molar-refractivity contribution in [2.75, 3.05) is 26.3 Å². The molecule has 0 spiro atoms. The van der Waals surface area contributed by atoms with Crippen LogP contribution in [0, 0.1) is 0 Å². The van der Waals surface area contributed by atoms with E-state index < -0.39 is 9.84 Å². The molecule has 1 aliphatic heterocycles. The number of thiophene rings is 1. The van der Waals surface area contributed by atoms with Gasteiger partial charge in [0.1, 0.15) is 0 Å². The van der Waals surface area contributed by atoms with Crippen LogP contribution in [0.3, 0.4) is 0 Å². The fourth-order valence-corrected chi connectivity index (χ4v) is 6.51. The van der Waals surface area contributed by atoms with Crippen LogP contribution in [0.4, 0.5) is 0 Å². The number of morpholine rings is 1. The second-order valence-corrected chi connectivity index (χ2v) is 11.4. The number of amides is 1. The summed E-state index contributed by atoms with van der Waals surface area (Å²) >= 11 is 1.39. The molecule has 1 aliphatic rings. The summed E-state index contributed by atoms with van der Waals surface area (Å²) in [5.74, 6) is -0.167. The second kappa shape index (κ2) is 10.2. The van der Waals surface area contributed by atoms with Crippen molar-refractivity contribution < 1.29 is 17.9 Å². The van der Waals surface area contributed by atoms with Crippen molar-refractivity contribution in [3.63, 3.8) is 0 Å². The Kier molecular flexibility index (Phi) is 6.92. The van der Waals surface area contributed by atoms with Crippen molar-refractivity contribution >= 4 is 37.2 Å². The van der Waals surface area contributed by atoms with E-state index >= 15 is 0 Å². The highest BCUT2D eigenvalue weighted by atomic mass is 32.2. The van der Waals surface area contributed by atoms with Crippen LogP contribution < -0.4 is 5.32 Å². The number of ether oxygens (including phenoxy) is 1. The summed E-state index contributed by atoms with van der Waals surface area (Å²) in [5.41, 5.74) is 1.60. The van der Waals surface area contributed by atoms with Crippen molar-refractivity contribution in [3.8, 4) is 0 Å². The van der Waals surface area contributed by atoms with Crippen LogP contribution in [0.5, 0.6) is 0 Å². The number of carbonyl (C=O) groups is 1. The van der Waals surface area contributed by atoms with Gasteiger partial charge in [0.05, 0.1) is 32.6 Å². The highest BCUT2D eigenvalue weighted by molar-refractivity contribution is 7.91. The molecule has 0 bridgehead atoms. The molecule has 3 heterocycles. The molecule has 7 nitrogen and oxygen atoms in total. The first-order valence-electron chi connectivity index (χ1n) is 11.3. The molecule has 5 rings (SSSR count). The van der Waals surface area contributed by atoms with Gasteiger partial charge in [-0.2, -0.15) is 0 Å². The Morgan fingerprint density at radius 3 is 2.60 bits per heavy atom. The van der Waals surface area contributed by atoms with Crippen molar-refractivity contribution in [1.29, 1.82) is 0 Å². The zero-order valence-corrected chi connectivity index (χ0v) is 20.6. The molecular weight excluding hydrogens is 482 g/mol. The summed E-state index contributed by atoms with van der Waals surface area (Å²) in [5, 5.41) is 3.89. The van der Waals surface area contributed by atoms with E-state index in [-0.39, 0.29) is 10.8 Å². The summed E-state index contributed by atoms with van der Waals surface area (Å²) < 4.78 is 33.2. The number of fused-ring (bicyclic) bond motifs is 1. The van der Waals surface area contributed by atoms with Crippen LogP contribution in [0.25, 0.3) is 10.1 Å². The van der Waals surface area contributed by atoms with Gasteiger partial charge in [-0.15, -0.1) is 11.3 Å². The average molecular weight is 508 g/mol. The van der Waals surface area contributed by atoms with E-state index in [0.29, 0.717) is 36.1 Å². The first-order chi connectivity index (χ1) is 17.0. The fraction of sp³-hybridized carbons (Fsp3) is 0.231. The van der Waals surface area contributed by atoms with E-state index in [1.165, 1.54) is 11.3 Å². The molecule has 35 heavy (non-hydrogen) atoms. The molecule has 4 aromatic rings. The lowest BCUT2D eigenvalue weighted by Gasteiger charge is -2.27. The Balaban J connectivity index is 1.28. The molecule has 0 saturated carbocycles. The number of carbonyl (C=O) groups excluding carboxylic acids is 1. The largest absolute Gasteiger partial charge is 0.379 e. The number of aromatic nitrogens is 1. The molecule has 1 N–H and O–H groups in total. The predicted molar refractivity (Wildman–Crippen MR) is 135 cm³/mol. The molecule has 2 aromatic heterocycles. The number of nitrogens with zero attached hydrogens (tertiary/aromatic N) is 2. The van der Waals surface area contributed by atoms with E-state index in [2.05, 4.69) is 15.2 Å². The van der Waals surface area contributed by atoms with Crippen LogP contribution in [0.1, 0.15) is 20.8 Å². The lowest BCUT2D eigenvalue weighted by atomic mass is 10.2. The number of rotatable bonds is 7. The molecule has 2 aromatic carbocycles. The fourth-order valence-electron chi connectivity index (χ4n) is 4.08. The number of hydrogen-bond acceptors (Lipinski definition) is 7. The maximum absolute atomic E-state index is 13.4. The van der Waals surface area contributed by atoms with E-state index in [1.54, 1.807) is 48.8 Å². The normalized spacial score (nSPS) is 14.7. The first-order valence-corrected chi connectivity index (χ1v) is 13.6. The molecule has 1 fully saturated rings. The van der Waals surface area contributed by atoms with Gasteiger partial charge in [-0.05, 0) is 46.8 Å². The standard InChI is InChI=1S/C26H25N3O4S2/c30-26(23-15-20-9-10-27-17-24(20)34-23)28-16-19-5-7-22(8-6-19)35(31,32)25-4-2-1-3-21(25)18-29-11-13-33-14-12-29/h1-10,15,17H,11-14,16,18H2,(H,28,30). The van der Waals surface area contributed by atoms with Gasteiger partial charge in [-0.3, -0.25) is 14.7 Å². The molecule has 1 saturated heterocycles. The quantitative estimate of drug-likeness (QED) is 0.408. The maximum atomic E-state index is 13.4. The van der Waals surface area contributed by atoms with Gasteiger partial charge in [0, 0.05) is 38.6 Å². The SMILES string of the molecule is O=C(NCc1ccc(S(=O)(=O)c2ccccc2CN2CCOCC2)cc1)c1cc2ccncc2s1. The topological polar surface area (TPSA) is 88.6 Å². The molecule has 0 radical (unpaired) electrons. The first kappa shape index (κ1) is 23.6. The monoisotopic (exact) mass is 507 g/mol. The third kappa shape index (κ3) is 5.28. The highest BCUT2D eigenvalue weighted by Gasteiger charge is 2.23. The summed E-state index contributed by atoms with van der Waals surface area (Å²) in [4.78, 5) is 20.0. The van der Waals surface area contributed by atoms with Crippen LogP contribution >= 0.6 is 11.3 Å². The lowest BCUT2D eigenvalue weighted by Crippen LogP contribution is -2.36. The van der Waals surface area contributed by atoms with E-state index in [1.807, 2.05) is 24.3 Å². The molecule has 0 unspecified atom stereocenters. The van der Waals surface area contributed by atoms with Crippen LogP contribution in [0.2, 0.25) is 0 Å². The third-order valence-electron chi connectivity index (χ3n) is 5.99. The summed E-state index contributed by atoms with van der Waals surface area (Å²) in [7, 11) is -3.68. The van der Waals surface area contributed by atoms with E-state index in [0.717, 1.165) is 34.3 Å². The molecule has 180 valence electrons. The number of sulfone groups is 1.